The van der Waals surface area contributed by atoms with E-state index in [4.69, 9.17) is 26.7 Å². The number of ether oxygens (including phenoxy) is 1. The molecule has 2 N–H and O–H groups in total. The van der Waals surface area contributed by atoms with E-state index in [2.05, 4.69) is 5.32 Å². The van der Waals surface area contributed by atoms with Gasteiger partial charge in [0.15, 0.2) is 0 Å². The van der Waals surface area contributed by atoms with Crippen molar-refractivity contribution in [1.82, 2.24) is 0 Å². The highest BCUT2D eigenvalue weighted by atomic mass is 35.5. The fourth-order valence-electron chi connectivity index (χ4n) is 1.29. The summed E-state index contributed by atoms with van der Waals surface area (Å²) in [5, 5.41) is 20.8. The first kappa shape index (κ1) is 13.8. The first-order valence-corrected chi connectivity index (χ1v) is 5.78. The van der Waals surface area contributed by atoms with E-state index in [1.807, 2.05) is 12.1 Å². The molecule has 1 aromatic carbocycles. The average molecular weight is 255 g/mol. The number of aliphatic hydroxyl groups is 1. The van der Waals surface area contributed by atoms with Crippen molar-refractivity contribution < 1.29 is 9.84 Å². The number of rotatable bonds is 7. The van der Waals surface area contributed by atoms with Crippen LogP contribution in [0.2, 0.25) is 5.02 Å². The highest BCUT2D eigenvalue weighted by Gasteiger charge is 2.00. The van der Waals surface area contributed by atoms with E-state index < -0.39 is 0 Å². The van der Waals surface area contributed by atoms with E-state index in [0.717, 1.165) is 18.7 Å². The number of nitrogens with one attached hydrogen (secondary N) is 1. The molecular formula is C12H15ClN2O2. The van der Waals surface area contributed by atoms with Crippen LogP contribution in [0, 0.1) is 11.3 Å². The monoisotopic (exact) mass is 254 g/mol. The molecule has 0 saturated carbocycles. The van der Waals surface area contributed by atoms with Gasteiger partial charge in [0.25, 0.3) is 0 Å². The Kier molecular flexibility index (Phi) is 6.41. The molecule has 0 amide bonds. The van der Waals surface area contributed by atoms with Gasteiger partial charge in [0.2, 0.25) is 0 Å². The van der Waals surface area contributed by atoms with Crippen molar-refractivity contribution in [2.75, 3.05) is 31.7 Å². The first-order chi connectivity index (χ1) is 8.27. The summed E-state index contributed by atoms with van der Waals surface area (Å²) in [4.78, 5) is 0. The van der Waals surface area contributed by atoms with Gasteiger partial charge in [-0.15, -0.1) is 0 Å². The van der Waals surface area contributed by atoms with Crippen molar-refractivity contribution in [3.8, 4) is 6.07 Å². The third-order valence-corrected chi connectivity index (χ3v) is 2.43. The summed E-state index contributed by atoms with van der Waals surface area (Å²) in [6.07, 6.45) is 0.845. The van der Waals surface area contributed by atoms with Gasteiger partial charge in [-0.25, -0.2) is 0 Å². The van der Waals surface area contributed by atoms with E-state index in [1.54, 1.807) is 12.1 Å². The molecule has 1 rings (SSSR count). The number of hydrogen-bond donors (Lipinski definition) is 2. The van der Waals surface area contributed by atoms with Crippen LogP contribution in [0.3, 0.4) is 0 Å². The second-order valence-electron chi connectivity index (χ2n) is 3.42. The first-order valence-electron chi connectivity index (χ1n) is 5.40. The second-order valence-corrected chi connectivity index (χ2v) is 3.83. The number of aliphatic hydroxyl groups excluding tert-OH is 1. The van der Waals surface area contributed by atoms with Gasteiger partial charge in [0, 0.05) is 18.8 Å². The number of halogens is 1. The summed E-state index contributed by atoms with van der Waals surface area (Å²) in [6.45, 7) is 1.80. The zero-order valence-electron chi connectivity index (χ0n) is 9.45. The standard InChI is InChI=1S/C12H15ClN2O2/c13-12-8-11(3-2-10(12)9-14)15-4-1-6-17-7-5-16/h2-3,8,15-16H,1,4-7H2. The van der Waals surface area contributed by atoms with E-state index in [0.29, 0.717) is 23.8 Å². The van der Waals surface area contributed by atoms with E-state index in [-0.39, 0.29) is 6.61 Å². The molecule has 0 fully saturated rings. The Balaban J connectivity index is 2.28. The Morgan fingerprint density at radius 1 is 1.41 bits per heavy atom. The fraction of sp³-hybridized carbons (Fsp3) is 0.417. The molecule has 0 atom stereocenters. The van der Waals surface area contributed by atoms with Crippen LogP contribution in [0.4, 0.5) is 5.69 Å². The lowest BCUT2D eigenvalue weighted by Gasteiger charge is -2.07. The van der Waals surface area contributed by atoms with Crippen molar-refractivity contribution >= 4 is 17.3 Å². The molecule has 0 radical (unpaired) electrons. The van der Waals surface area contributed by atoms with Crippen LogP contribution in [0.15, 0.2) is 18.2 Å². The van der Waals surface area contributed by atoms with Crippen LogP contribution in [-0.2, 0) is 4.74 Å². The van der Waals surface area contributed by atoms with Gasteiger partial charge in [-0.3, -0.25) is 0 Å². The number of hydrogen-bond acceptors (Lipinski definition) is 4. The third-order valence-electron chi connectivity index (χ3n) is 2.12. The molecule has 0 heterocycles. The number of benzene rings is 1. The highest BCUT2D eigenvalue weighted by molar-refractivity contribution is 6.32. The Morgan fingerprint density at radius 3 is 2.88 bits per heavy atom. The second kappa shape index (κ2) is 7.91. The zero-order chi connectivity index (χ0) is 12.5. The van der Waals surface area contributed by atoms with E-state index >= 15 is 0 Å². The molecule has 0 aliphatic rings. The zero-order valence-corrected chi connectivity index (χ0v) is 10.2. The van der Waals surface area contributed by atoms with Crippen LogP contribution in [0.5, 0.6) is 0 Å². The molecule has 1 aromatic rings. The molecule has 17 heavy (non-hydrogen) atoms. The Bertz CT molecular complexity index is 391. The third kappa shape index (κ3) is 5.05. The number of anilines is 1. The van der Waals surface area contributed by atoms with Crippen LogP contribution in [0.25, 0.3) is 0 Å². The smallest absolute Gasteiger partial charge is 0.101 e. The molecule has 5 heteroatoms. The Labute approximate surface area is 106 Å². The molecule has 0 spiro atoms. The lowest BCUT2D eigenvalue weighted by Crippen LogP contribution is -2.07. The maximum absolute atomic E-state index is 8.71. The topological polar surface area (TPSA) is 65.3 Å². The normalized spacial score (nSPS) is 9.94. The minimum Gasteiger partial charge on any atom is -0.394 e. The molecule has 0 aliphatic heterocycles. The number of nitriles is 1. The van der Waals surface area contributed by atoms with Gasteiger partial charge in [0.05, 0.1) is 23.8 Å². The van der Waals surface area contributed by atoms with Gasteiger partial charge in [-0.1, -0.05) is 11.6 Å². The van der Waals surface area contributed by atoms with Crippen LogP contribution >= 0.6 is 11.6 Å². The summed E-state index contributed by atoms with van der Waals surface area (Å²) in [6, 6.07) is 7.25. The van der Waals surface area contributed by atoms with Crippen LogP contribution < -0.4 is 5.32 Å². The van der Waals surface area contributed by atoms with Gasteiger partial charge in [0.1, 0.15) is 6.07 Å². The van der Waals surface area contributed by atoms with Crippen molar-refractivity contribution in [2.45, 2.75) is 6.42 Å². The summed E-state index contributed by atoms with van der Waals surface area (Å²) in [7, 11) is 0. The molecule has 4 nitrogen and oxygen atoms in total. The minimum absolute atomic E-state index is 0.0542. The summed E-state index contributed by atoms with van der Waals surface area (Å²) < 4.78 is 5.12. The average Bonchev–Trinajstić information content (AvgIpc) is 2.34. The summed E-state index contributed by atoms with van der Waals surface area (Å²) >= 11 is 5.90. The van der Waals surface area contributed by atoms with Crippen molar-refractivity contribution in [2.24, 2.45) is 0 Å². The number of nitrogens with zero attached hydrogens (tertiary/aromatic N) is 1. The van der Waals surface area contributed by atoms with Crippen molar-refractivity contribution in [3.63, 3.8) is 0 Å². The molecule has 0 aromatic heterocycles. The summed E-state index contributed by atoms with van der Waals surface area (Å²) in [5.74, 6) is 0. The predicted octanol–water partition coefficient (Wildman–Crippen LogP) is 2.02. The quantitative estimate of drug-likeness (QED) is 0.731. The van der Waals surface area contributed by atoms with Gasteiger partial charge < -0.3 is 15.2 Å². The van der Waals surface area contributed by atoms with Crippen molar-refractivity contribution in [3.05, 3.63) is 28.8 Å². The molecular weight excluding hydrogens is 240 g/mol. The molecule has 0 bridgehead atoms. The fourth-order valence-corrected chi connectivity index (χ4v) is 1.51. The molecule has 0 unspecified atom stereocenters. The molecule has 0 aliphatic carbocycles. The molecule has 92 valence electrons. The lowest BCUT2D eigenvalue weighted by molar-refractivity contribution is 0.0922. The van der Waals surface area contributed by atoms with Gasteiger partial charge >= 0.3 is 0 Å². The highest BCUT2D eigenvalue weighted by Crippen LogP contribution is 2.19. The molecule has 0 saturated heterocycles. The minimum atomic E-state index is 0.0542. The predicted molar refractivity (Wildman–Crippen MR) is 67.2 cm³/mol. The van der Waals surface area contributed by atoms with E-state index in [1.165, 1.54) is 0 Å². The lowest BCUT2D eigenvalue weighted by atomic mass is 10.2. The largest absolute Gasteiger partial charge is 0.394 e. The maximum atomic E-state index is 8.71. The maximum Gasteiger partial charge on any atom is 0.101 e. The van der Waals surface area contributed by atoms with Crippen LogP contribution in [-0.4, -0.2) is 31.5 Å². The van der Waals surface area contributed by atoms with E-state index in [9.17, 15) is 0 Å². The Morgan fingerprint density at radius 2 is 2.24 bits per heavy atom. The van der Waals surface area contributed by atoms with Crippen molar-refractivity contribution in [1.29, 1.82) is 5.26 Å². The Hall–Kier alpha value is -1.28. The van der Waals surface area contributed by atoms with Gasteiger partial charge in [-0.2, -0.15) is 5.26 Å². The summed E-state index contributed by atoms with van der Waals surface area (Å²) in [5.41, 5.74) is 1.36. The van der Waals surface area contributed by atoms with Gasteiger partial charge in [-0.05, 0) is 24.6 Å². The van der Waals surface area contributed by atoms with Crippen LogP contribution in [0.1, 0.15) is 12.0 Å². The SMILES string of the molecule is N#Cc1ccc(NCCCOCCO)cc1Cl.